The van der Waals surface area contributed by atoms with Gasteiger partial charge in [-0.05, 0) is 24.6 Å². The Hall–Kier alpha value is -4.00. The number of fused-ring (bicyclic) bond motifs is 1. The van der Waals surface area contributed by atoms with Crippen molar-refractivity contribution >= 4 is 29.3 Å². The van der Waals surface area contributed by atoms with Crippen molar-refractivity contribution in [2.75, 3.05) is 10.2 Å². The van der Waals surface area contributed by atoms with Gasteiger partial charge in [0.1, 0.15) is 6.61 Å². The van der Waals surface area contributed by atoms with Crippen LogP contribution in [-0.2, 0) is 11.3 Å². The van der Waals surface area contributed by atoms with Crippen LogP contribution in [0.1, 0.15) is 32.0 Å². The van der Waals surface area contributed by atoms with Crippen LogP contribution in [-0.4, -0.2) is 22.9 Å². The van der Waals surface area contributed by atoms with Crippen molar-refractivity contribution in [2.45, 2.75) is 13.5 Å². The summed E-state index contributed by atoms with van der Waals surface area (Å²) in [6.45, 7) is 1.73. The molecule has 0 atom stereocenters. The second-order valence-corrected chi connectivity index (χ2v) is 6.48. The number of anilines is 2. The van der Waals surface area contributed by atoms with E-state index in [-0.39, 0.29) is 23.4 Å². The van der Waals surface area contributed by atoms with Gasteiger partial charge in [0.2, 0.25) is 0 Å². The molecule has 144 valence electrons. The molecule has 3 amide bonds. The van der Waals surface area contributed by atoms with Gasteiger partial charge in [-0.1, -0.05) is 48.5 Å². The molecule has 7 nitrogen and oxygen atoms in total. The van der Waals surface area contributed by atoms with E-state index in [0.717, 1.165) is 10.5 Å². The SMILES string of the molecule is Cc1ncc2c(c1NC(=O)OCc1ccccc1)C(=O)N(c1ccccc1)C2=O. The summed E-state index contributed by atoms with van der Waals surface area (Å²) in [6.07, 6.45) is 0.625. The number of para-hydroxylation sites is 1. The maximum atomic E-state index is 13.0. The summed E-state index contributed by atoms with van der Waals surface area (Å²) < 4.78 is 5.23. The zero-order valence-corrected chi connectivity index (χ0v) is 15.6. The van der Waals surface area contributed by atoms with Gasteiger partial charge in [0, 0.05) is 6.20 Å². The van der Waals surface area contributed by atoms with Crippen LogP contribution in [0.25, 0.3) is 0 Å². The molecule has 4 rings (SSSR count). The second-order valence-electron chi connectivity index (χ2n) is 6.48. The van der Waals surface area contributed by atoms with Gasteiger partial charge in [0.15, 0.2) is 0 Å². The molecule has 0 saturated carbocycles. The predicted molar refractivity (Wildman–Crippen MR) is 107 cm³/mol. The van der Waals surface area contributed by atoms with Gasteiger partial charge in [-0.3, -0.25) is 19.9 Å². The average molecular weight is 387 g/mol. The third kappa shape index (κ3) is 3.45. The number of benzene rings is 2. The lowest BCUT2D eigenvalue weighted by Crippen LogP contribution is -2.29. The Morgan fingerprint density at radius 2 is 1.66 bits per heavy atom. The average Bonchev–Trinajstić information content (AvgIpc) is 3.00. The van der Waals surface area contributed by atoms with Crippen molar-refractivity contribution in [3.05, 3.63) is 89.2 Å². The molecule has 7 heteroatoms. The quantitative estimate of drug-likeness (QED) is 0.685. The van der Waals surface area contributed by atoms with Crippen LogP contribution in [0.3, 0.4) is 0 Å². The van der Waals surface area contributed by atoms with Crippen LogP contribution in [0.15, 0.2) is 66.9 Å². The molecular weight excluding hydrogens is 370 g/mol. The van der Waals surface area contributed by atoms with Gasteiger partial charge >= 0.3 is 6.09 Å². The van der Waals surface area contributed by atoms with E-state index in [1.807, 2.05) is 30.3 Å². The third-order valence-electron chi connectivity index (χ3n) is 4.57. The first kappa shape index (κ1) is 18.4. The molecule has 3 aromatic rings. The van der Waals surface area contributed by atoms with Crippen LogP contribution in [0.5, 0.6) is 0 Å². The molecule has 2 aromatic carbocycles. The summed E-state index contributed by atoms with van der Waals surface area (Å²) in [7, 11) is 0. The molecule has 0 saturated heterocycles. The third-order valence-corrected chi connectivity index (χ3v) is 4.57. The topological polar surface area (TPSA) is 88.6 Å². The molecule has 0 unspecified atom stereocenters. The Morgan fingerprint density at radius 3 is 2.34 bits per heavy atom. The van der Waals surface area contributed by atoms with Crippen molar-refractivity contribution in [1.29, 1.82) is 0 Å². The Labute approximate surface area is 166 Å². The number of hydrogen-bond acceptors (Lipinski definition) is 5. The highest BCUT2D eigenvalue weighted by atomic mass is 16.5. The number of aromatic nitrogens is 1. The molecule has 29 heavy (non-hydrogen) atoms. The molecule has 0 aliphatic carbocycles. The number of carbonyl (C=O) groups excluding carboxylic acids is 3. The van der Waals surface area contributed by atoms with E-state index in [4.69, 9.17) is 4.74 Å². The number of amides is 3. The van der Waals surface area contributed by atoms with Crippen molar-refractivity contribution in [2.24, 2.45) is 0 Å². The summed E-state index contributed by atoms with van der Waals surface area (Å²) in [5.41, 5.74) is 2.13. The van der Waals surface area contributed by atoms with Gasteiger partial charge < -0.3 is 4.74 Å². The zero-order chi connectivity index (χ0) is 20.4. The Balaban J connectivity index is 1.60. The Morgan fingerprint density at radius 1 is 1.00 bits per heavy atom. The second kappa shape index (κ2) is 7.55. The molecule has 1 N–H and O–H groups in total. The highest BCUT2D eigenvalue weighted by Gasteiger charge is 2.40. The van der Waals surface area contributed by atoms with Gasteiger partial charge in [0.25, 0.3) is 11.8 Å². The number of nitrogens with zero attached hydrogens (tertiary/aromatic N) is 2. The van der Waals surface area contributed by atoms with Crippen molar-refractivity contribution < 1.29 is 19.1 Å². The lowest BCUT2D eigenvalue weighted by molar-refractivity contribution is 0.0926. The molecule has 1 aliphatic heterocycles. The van der Waals surface area contributed by atoms with Crippen LogP contribution >= 0.6 is 0 Å². The van der Waals surface area contributed by atoms with Gasteiger partial charge in [-0.15, -0.1) is 0 Å². The highest BCUT2D eigenvalue weighted by Crippen LogP contribution is 2.33. The minimum Gasteiger partial charge on any atom is -0.444 e. The molecule has 0 bridgehead atoms. The van der Waals surface area contributed by atoms with Gasteiger partial charge in [-0.25, -0.2) is 9.69 Å². The molecular formula is C22H17N3O4. The van der Waals surface area contributed by atoms with E-state index in [1.165, 1.54) is 6.20 Å². The first-order chi connectivity index (χ1) is 14.1. The van der Waals surface area contributed by atoms with Crippen molar-refractivity contribution in [1.82, 2.24) is 4.98 Å². The lowest BCUT2D eigenvalue weighted by Gasteiger charge is -2.14. The smallest absolute Gasteiger partial charge is 0.412 e. The predicted octanol–water partition coefficient (Wildman–Crippen LogP) is 3.94. The summed E-state index contributed by atoms with van der Waals surface area (Å²) >= 11 is 0. The van der Waals surface area contributed by atoms with E-state index in [9.17, 15) is 14.4 Å². The lowest BCUT2D eigenvalue weighted by atomic mass is 10.1. The number of aryl methyl sites for hydroxylation is 1. The molecule has 0 spiro atoms. The number of nitrogens with one attached hydrogen (secondary N) is 1. The highest BCUT2D eigenvalue weighted by molar-refractivity contribution is 6.36. The van der Waals surface area contributed by atoms with E-state index < -0.39 is 17.9 Å². The van der Waals surface area contributed by atoms with Crippen LogP contribution in [0.2, 0.25) is 0 Å². The maximum Gasteiger partial charge on any atom is 0.412 e. The summed E-state index contributed by atoms with van der Waals surface area (Å²) in [6, 6.07) is 17.8. The molecule has 0 radical (unpaired) electrons. The van der Waals surface area contributed by atoms with E-state index in [0.29, 0.717) is 11.4 Å². The maximum absolute atomic E-state index is 13.0. The van der Waals surface area contributed by atoms with Gasteiger partial charge in [0.05, 0.1) is 28.2 Å². The molecule has 1 aromatic heterocycles. The van der Waals surface area contributed by atoms with Crippen molar-refractivity contribution in [3.63, 3.8) is 0 Å². The minimum absolute atomic E-state index is 0.0805. The number of pyridine rings is 1. The normalized spacial score (nSPS) is 12.7. The first-order valence-corrected chi connectivity index (χ1v) is 8.97. The van der Waals surface area contributed by atoms with Crippen LogP contribution in [0, 0.1) is 6.92 Å². The molecule has 2 heterocycles. The van der Waals surface area contributed by atoms with Gasteiger partial charge in [-0.2, -0.15) is 0 Å². The number of hydrogen-bond donors (Lipinski definition) is 1. The summed E-state index contributed by atoms with van der Waals surface area (Å²) in [5.74, 6) is -0.996. The number of rotatable bonds is 4. The Kier molecular flexibility index (Phi) is 4.78. The van der Waals surface area contributed by atoms with Crippen molar-refractivity contribution in [3.8, 4) is 0 Å². The fourth-order valence-electron chi connectivity index (χ4n) is 3.14. The molecule has 0 fully saturated rings. The van der Waals surface area contributed by atoms with E-state index >= 15 is 0 Å². The first-order valence-electron chi connectivity index (χ1n) is 8.97. The van der Waals surface area contributed by atoms with E-state index in [2.05, 4.69) is 10.3 Å². The van der Waals surface area contributed by atoms with E-state index in [1.54, 1.807) is 37.3 Å². The summed E-state index contributed by atoms with van der Waals surface area (Å²) in [5, 5.41) is 2.58. The number of imide groups is 1. The van der Waals surface area contributed by atoms with Crippen LogP contribution in [0.4, 0.5) is 16.2 Å². The summed E-state index contributed by atoms with van der Waals surface area (Å²) in [4.78, 5) is 43.4. The van der Waals surface area contributed by atoms with Crippen LogP contribution < -0.4 is 10.2 Å². The zero-order valence-electron chi connectivity index (χ0n) is 15.6. The fourth-order valence-corrected chi connectivity index (χ4v) is 3.14. The fraction of sp³-hybridized carbons (Fsp3) is 0.0909. The number of ether oxygens (including phenoxy) is 1. The minimum atomic E-state index is -0.731. The number of carbonyl (C=O) groups is 3. The standard InChI is InChI=1S/C22H17N3O4/c1-14-19(24-22(28)29-13-15-8-4-2-5-9-15)18-17(12-23-14)20(26)25(21(18)27)16-10-6-3-7-11-16/h2-12H,13H2,1H3,(H,24,28). The molecule has 1 aliphatic rings. The largest absolute Gasteiger partial charge is 0.444 e. The Bertz CT molecular complexity index is 1100. The monoisotopic (exact) mass is 387 g/mol.